The Balaban J connectivity index is 1.67. The zero-order chi connectivity index (χ0) is 14.9. The molecule has 0 aromatic heterocycles. The number of esters is 1. The molecular formula is C15H18FNO4. The maximum Gasteiger partial charge on any atom is 0.341 e. The molecule has 114 valence electrons. The summed E-state index contributed by atoms with van der Waals surface area (Å²) in [5.41, 5.74) is 5.31. The molecule has 2 saturated heterocycles. The van der Waals surface area contributed by atoms with Crippen LogP contribution in [0, 0.1) is 5.82 Å². The van der Waals surface area contributed by atoms with Crippen molar-refractivity contribution in [2.75, 3.05) is 25.6 Å². The Morgan fingerprint density at radius 2 is 2.29 bits per heavy atom. The van der Waals surface area contributed by atoms with Crippen LogP contribution in [0.4, 0.5) is 10.1 Å². The Morgan fingerprint density at radius 1 is 1.43 bits per heavy atom. The first-order valence-corrected chi connectivity index (χ1v) is 7.06. The van der Waals surface area contributed by atoms with Crippen LogP contribution in [0.1, 0.15) is 29.6 Å². The van der Waals surface area contributed by atoms with E-state index in [-0.39, 0.29) is 23.0 Å². The number of nitrogen functional groups attached to an aromatic ring is 1. The number of carbonyl (C=O) groups is 1. The highest BCUT2D eigenvalue weighted by molar-refractivity contribution is 5.90. The molecule has 2 unspecified atom stereocenters. The van der Waals surface area contributed by atoms with Crippen LogP contribution in [0.5, 0.6) is 0 Å². The summed E-state index contributed by atoms with van der Waals surface area (Å²) in [6.45, 7) is 1.70. The van der Waals surface area contributed by atoms with Gasteiger partial charge in [0.2, 0.25) is 0 Å². The van der Waals surface area contributed by atoms with E-state index in [1.165, 1.54) is 12.1 Å². The van der Waals surface area contributed by atoms with Gasteiger partial charge in [0.05, 0.1) is 24.4 Å². The van der Waals surface area contributed by atoms with Gasteiger partial charge in [-0.25, -0.2) is 9.18 Å². The van der Waals surface area contributed by atoms with Gasteiger partial charge in [0.1, 0.15) is 11.9 Å². The molecule has 21 heavy (non-hydrogen) atoms. The highest BCUT2D eigenvalue weighted by Gasteiger charge is 2.42. The summed E-state index contributed by atoms with van der Waals surface area (Å²) >= 11 is 0. The van der Waals surface area contributed by atoms with Crippen molar-refractivity contribution in [1.82, 2.24) is 0 Å². The first-order valence-electron chi connectivity index (χ1n) is 7.06. The fraction of sp³-hybridized carbons (Fsp3) is 0.533. The average Bonchev–Trinajstić information content (AvgIpc) is 2.86. The highest BCUT2D eigenvalue weighted by atomic mass is 19.1. The van der Waals surface area contributed by atoms with Crippen LogP contribution in [-0.4, -0.2) is 37.5 Å². The number of hydrogen-bond donors (Lipinski definition) is 1. The van der Waals surface area contributed by atoms with Gasteiger partial charge in [-0.3, -0.25) is 0 Å². The van der Waals surface area contributed by atoms with Gasteiger partial charge in [-0.1, -0.05) is 0 Å². The SMILES string of the molecule is Nc1ccc(C(=O)OC2CCOC3(CCOC3)C2)c(F)c1. The van der Waals surface area contributed by atoms with Crippen LogP contribution < -0.4 is 5.73 Å². The van der Waals surface area contributed by atoms with E-state index in [4.69, 9.17) is 19.9 Å². The third-order valence-electron chi connectivity index (χ3n) is 4.00. The lowest BCUT2D eigenvalue weighted by Gasteiger charge is -2.36. The van der Waals surface area contributed by atoms with Crippen LogP contribution in [0.15, 0.2) is 18.2 Å². The molecular weight excluding hydrogens is 277 g/mol. The lowest BCUT2D eigenvalue weighted by atomic mass is 9.91. The minimum atomic E-state index is -0.661. The van der Waals surface area contributed by atoms with Gasteiger partial charge in [-0.15, -0.1) is 0 Å². The standard InChI is InChI=1S/C15H18FNO4/c16-13-7-10(17)1-2-12(13)14(18)21-11-3-5-20-15(8-11)4-6-19-9-15/h1-2,7,11H,3-6,8-9,17H2. The summed E-state index contributed by atoms with van der Waals surface area (Å²) in [5, 5.41) is 0. The number of ether oxygens (including phenoxy) is 3. The maximum absolute atomic E-state index is 13.7. The maximum atomic E-state index is 13.7. The predicted octanol–water partition coefficient (Wildman–Crippen LogP) is 1.90. The fourth-order valence-electron chi connectivity index (χ4n) is 2.86. The van der Waals surface area contributed by atoms with Crippen molar-refractivity contribution in [3.63, 3.8) is 0 Å². The summed E-state index contributed by atoms with van der Waals surface area (Å²) in [6, 6.07) is 3.95. The van der Waals surface area contributed by atoms with E-state index in [2.05, 4.69) is 0 Å². The van der Waals surface area contributed by atoms with E-state index in [0.29, 0.717) is 32.7 Å². The molecule has 0 bridgehead atoms. The quantitative estimate of drug-likeness (QED) is 0.666. The summed E-state index contributed by atoms with van der Waals surface area (Å²) in [4.78, 5) is 12.1. The molecule has 1 aromatic carbocycles. The van der Waals surface area contributed by atoms with Crippen molar-refractivity contribution >= 4 is 11.7 Å². The normalized spacial score (nSPS) is 28.7. The minimum absolute atomic E-state index is 0.0904. The zero-order valence-corrected chi connectivity index (χ0v) is 11.6. The van der Waals surface area contributed by atoms with E-state index in [1.807, 2.05) is 0 Å². The number of nitrogens with two attached hydrogens (primary N) is 1. The summed E-state index contributed by atoms with van der Waals surface area (Å²) in [5.74, 6) is -1.32. The molecule has 1 aromatic rings. The number of rotatable bonds is 2. The van der Waals surface area contributed by atoms with E-state index >= 15 is 0 Å². The topological polar surface area (TPSA) is 70.8 Å². The molecule has 2 N–H and O–H groups in total. The van der Waals surface area contributed by atoms with E-state index in [1.54, 1.807) is 0 Å². The van der Waals surface area contributed by atoms with E-state index in [9.17, 15) is 9.18 Å². The molecule has 2 atom stereocenters. The van der Waals surface area contributed by atoms with Crippen LogP contribution >= 0.6 is 0 Å². The molecule has 0 radical (unpaired) electrons. The molecule has 5 nitrogen and oxygen atoms in total. The Morgan fingerprint density at radius 3 is 3.00 bits per heavy atom. The van der Waals surface area contributed by atoms with Crippen LogP contribution in [0.3, 0.4) is 0 Å². The zero-order valence-electron chi connectivity index (χ0n) is 11.6. The van der Waals surface area contributed by atoms with Crippen LogP contribution in [-0.2, 0) is 14.2 Å². The van der Waals surface area contributed by atoms with E-state index in [0.717, 1.165) is 12.5 Å². The third kappa shape index (κ3) is 3.01. The lowest BCUT2D eigenvalue weighted by Crippen LogP contribution is -2.43. The van der Waals surface area contributed by atoms with Crippen molar-refractivity contribution in [1.29, 1.82) is 0 Å². The van der Waals surface area contributed by atoms with Gasteiger partial charge in [0.15, 0.2) is 0 Å². The van der Waals surface area contributed by atoms with Gasteiger partial charge in [-0.05, 0) is 18.2 Å². The van der Waals surface area contributed by atoms with Gasteiger partial charge in [0.25, 0.3) is 0 Å². The Kier molecular flexibility index (Phi) is 3.82. The molecule has 3 rings (SSSR count). The number of carbonyl (C=O) groups excluding carboxylic acids is 1. The van der Waals surface area contributed by atoms with Crippen molar-refractivity contribution in [2.45, 2.75) is 31.0 Å². The molecule has 0 saturated carbocycles. The smallest absolute Gasteiger partial charge is 0.341 e. The second-order valence-electron chi connectivity index (χ2n) is 5.59. The monoisotopic (exact) mass is 295 g/mol. The number of halogens is 1. The van der Waals surface area contributed by atoms with Gasteiger partial charge < -0.3 is 19.9 Å². The third-order valence-corrected chi connectivity index (χ3v) is 4.00. The van der Waals surface area contributed by atoms with Crippen LogP contribution in [0.25, 0.3) is 0 Å². The second-order valence-corrected chi connectivity index (χ2v) is 5.59. The van der Waals surface area contributed by atoms with Gasteiger partial charge in [0, 0.05) is 31.6 Å². The van der Waals surface area contributed by atoms with Crippen LogP contribution in [0.2, 0.25) is 0 Å². The molecule has 2 aliphatic rings. The molecule has 0 amide bonds. The Hall–Kier alpha value is -1.66. The largest absolute Gasteiger partial charge is 0.458 e. The van der Waals surface area contributed by atoms with Gasteiger partial charge >= 0.3 is 5.97 Å². The summed E-state index contributed by atoms with van der Waals surface area (Å²) < 4.78 is 30.3. The van der Waals surface area contributed by atoms with Crippen molar-refractivity contribution in [3.8, 4) is 0 Å². The second kappa shape index (κ2) is 5.61. The Bertz CT molecular complexity index is 542. The summed E-state index contributed by atoms with van der Waals surface area (Å²) in [7, 11) is 0. The lowest BCUT2D eigenvalue weighted by molar-refractivity contribution is -0.120. The van der Waals surface area contributed by atoms with Gasteiger partial charge in [-0.2, -0.15) is 0 Å². The van der Waals surface area contributed by atoms with Crippen molar-refractivity contribution < 1.29 is 23.4 Å². The molecule has 0 aliphatic carbocycles. The van der Waals surface area contributed by atoms with E-state index < -0.39 is 11.8 Å². The molecule has 2 aliphatic heterocycles. The molecule has 2 heterocycles. The predicted molar refractivity (Wildman–Crippen MR) is 73.4 cm³/mol. The number of hydrogen-bond acceptors (Lipinski definition) is 5. The first kappa shape index (κ1) is 14.3. The number of anilines is 1. The average molecular weight is 295 g/mol. The molecule has 1 spiro atoms. The first-order chi connectivity index (χ1) is 10.1. The molecule has 2 fully saturated rings. The molecule has 6 heteroatoms. The number of benzene rings is 1. The minimum Gasteiger partial charge on any atom is -0.458 e. The fourth-order valence-corrected chi connectivity index (χ4v) is 2.86. The van der Waals surface area contributed by atoms with Crippen molar-refractivity contribution in [2.24, 2.45) is 0 Å². The van der Waals surface area contributed by atoms with Crippen molar-refractivity contribution in [3.05, 3.63) is 29.6 Å². The Labute approximate surface area is 122 Å². The summed E-state index contributed by atoms with van der Waals surface area (Å²) in [6.07, 6.45) is 1.74. The highest BCUT2D eigenvalue weighted by Crippen LogP contribution is 2.34.